The molecule has 0 amide bonds. The van der Waals surface area contributed by atoms with Crippen LogP contribution in [0, 0.1) is 17.8 Å². The Balaban J connectivity index is 3.81. The lowest BCUT2D eigenvalue weighted by Crippen LogP contribution is -2.04. The Hall–Kier alpha value is -0.590. The molecule has 1 heteroatoms. The molecule has 0 bridgehead atoms. The fourth-order valence-corrected chi connectivity index (χ4v) is 0.757. The van der Waals surface area contributed by atoms with Crippen molar-refractivity contribution < 1.29 is 0 Å². The van der Waals surface area contributed by atoms with E-state index in [1.807, 2.05) is 6.21 Å². The Labute approximate surface area is 83.0 Å². The molecular formula is C12H23N. The third-order valence-electron chi connectivity index (χ3n) is 2.54. The van der Waals surface area contributed by atoms with Gasteiger partial charge in [-0.3, -0.25) is 4.99 Å². The van der Waals surface area contributed by atoms with Crippen molar-refractivity contribution in [3.05, 3.63) is 12.3 Å². The first kappa shape index (κ1) is 12.4. The van der Waals surface area contributed by atoms with Crippen LogP contribution in [0.4, 0.5) is 0 Å². The zero-order chi connectivity index (χ0) is 10.4. The van der Waals surface area contributed by atoms with Crippen molar-refractivity contribution in [3.63, 3.8) is 0 Å². The van der Waals surface area contributed by atoms with Gasteiger partial charge in [-0.25, -0.2) is 0 Å². The molecule has 0 N–H and O–H groups in total. The van der Waals surface area contributed by atoms with E-state index in [1.165, 1.54) is 0 Å². The molecule has 0 aliphatic heterocycles. The summed E-state index contributed by atoms with van der Waals surface area (Å²) in [4.78, 5) is 4.33. The van der Waals surface area contributed by atoms with Gasteiger partial charge in [-0.05, 0) is 24.2 Å². The average molecular weight is 181 g/mol. The van der Waals surface area contributed by atoms with Gasteiger partial charge in [0.15, 0.2) is 0 Å². The first-order valence-corrected chi connectivity index (χ1v) is 5.16. The minimum Gasteiger partial charge on any atom is -0.266 e. The minimum atomic E-state index is 0.464. The fourth-order valence-electron chi connectivity index (χ4n) is 0.757. The second-order valence-corrected chi connectivity index (χ2v) is 4.41. The number of allylic oxidation sites excluding steroid dienone is 1. The number of rotatable bonds is 5. The fraction of sp³-hybridized carbons (Fsp3) is 0.750. The zero-order valence-corrected chi connectivity index (χ0v) is 9.67. The predicted molar refractivity (Wildman–Crippen MR) is 61.1 cm³/mol. The smallest absolute Gasteiger partial charge is 0.0353 e. The lowest BCUT2D eigenvalue weighted by Gasteiger charge is -2.12. The van der Waals surface area contributed by atoms with Gasteiger partial charge in [-0.15, -0.1) is 0 Å². The summed E-state index contributed by atoms with van der Waals surface area (Å²) in [6.45, 7) is 14.9. The van der Waals surface area contributed by atoms with Crippen molar-refractivity contribution in [2.24, 2.45) is 22.7 Å². The summed E-state index contributed by atoms with van der Waals surface area (Å²) in [7, 11) is 0. The standard InChI is InChI=1S/C12H23N/c1-9(2)11(5)7-8-13-12(6)10(3)4/h8-11H,6-7H2,1-5H3/b13-8-. The third kappa shape index (κ3) is 5.62. The van der Waals surface area contributed by atoms with Crippen LogP contribution in [0.15, 0.2) is 17.3 Å². The molecule has 0 fully saturated rings. The van der Waals surface area contributed by atoms with Crippen LogP contribution in [-0.2, 0) is 0 Å². The lowest BCUT2D eigenvalue weighted by atomic mass is 9.95. The predicted octanol–water partition coefficient (Wildman–Crippen LogP) is 3.91. The van der Waals surface area contributed by atoms with E-state index >= 15 is 0 Å². The molecule has 76 valence electrons. The quantitative estimate of drug-likeness (QED) is 0.570. The maximum atomic E-state index is 4.33. The molecule has 0 aliphatic carbocycles. The van der Waals surface area contributed by atoms with E-state index in [4.69, 9.17) is 0 Å². The van der Waals surface area contributed by atoms with E-state index in [0.29, 0.717) is 11.8 Å². The van der Waals surface area contributed by atoms with E-state index in [0.717, 1.165) is 18.0 Å². The highest BCUT2D eigenvalue weighted by atomic mass is 14.7. The van der Waals surface area contributed by atoms with Crippen molar-refractivity contribution in [1.29, 1.82) is 0 Å². The molecule has 0 aromatic heterocycles. The second kappa shape index (κ2) is 5.95. The largest absolute Gasteiger partial charge is 0.266 e. The minimum absolute atomic E-state index is 0.464. The zero-order valence-electron chi connectivity index (χ0n) is 9.67. The molecule has 0 radical (unpaired) electrons. The molecule has 13 heavy (non-hydrogen) atoms. The first-order valence-electron chi connectivity index (χ1n) is 5.16. The van der Waals surface area contributed by atoms with Crippen LogP contribution >= 0.6 is 0 Å². The van der Waals surface area contributed by atoms with Crippen molar-refractivity contribution >= 4 is 6.21 Å². The van der Waals surface area contributed by atoms with Crippen molar-refractivity contribution in [3.8, 4) is 0 Å². The Morgan fingerprint density at radius 1 is 1.23 bits per heavy atom. The highest BCUT2D eigenvalue weighted by Crippen LogP contribution is 2.13. The number of aliphatic imine (C=N–C) groups is 1. The summed E-state index contributed by atoms with van der Waals surface area (Å²) in [5.41, 5.74) is 0.982. The molecule has 0 spiro atoms. The Bertz CT molecular complexity index is 178. The van der Waals surface area contributed by atoms with E-state index in [-0.39, 0.29) is 0 Å². The summed E-state index contributed by atoms with van der Waals surface area (Å²) < 4.78 is 0. The summed E-state index contributed by atoms with van der Waals surface area (Å²) in [6.07, 6.45) is 3.07. The molecule has 0 heterocycles. The molecule has 0 rings (SSSR count). The summed E-state index contributed by atoms with van der Waals surface area (Å²) in [5, 5.41) is 0. The van der Waals surface area contributed by atoms with Crippen LogP contribution in [0.5, 0.6) is 0 Å². The maximum Gasteiger partial charge on any atom is 0.0353 e. The van der Waals surface area contributed by atoms with E-state index in [9.17, 15) is 0 Å². The van der Waals surface area contributed by atoms with Crippen LogP contribution in [0.3, 0.4) is 0 Å². The van der Waals surface area contributed by atoms with Gasteiger partial charge in [0, 0.05) is 11.9 Å². The van der Waals surface area contributed by atoms with Gasteiger partial charge in [-0.2, -0.15) is 0 Å². The van der Waals surface area contributed by atoms with E-state index < -0.39 is 0 Å². The second-order valence-electron chi connectivity index (χ2n) is 4.41. The molecule has 0 aliphatic rings. The van der Waals surface area contributed by atoms with Crippen LogP contribution < -0.4 is 0 Å². The van der Waals surface area contributed by atoms with Crippen LogP contribution in [0.1, 0.15) is 41.0 Å². The average Bonchev–Trinajstić information content (AvgIpc) is 2.03. The van der Waals surface area contributed by atoms with Gasteiger partial charge in [0.05, 0.1) is 0 Å². The van der Waals surface area contributed by atoms with Crippen molar-refractivity contribution in [1.82, 2.24) is 0 Å². The normalized spacial score (nSPS) is 14.4. The van der Waals surface area contributed by atoms with Gasteiger partial charge >= 0.3 is 0 Å². The first-order chi connectivity index (χ1) is 5.95. The molecule has 1 nitrogen and oxygen atoms in total. The monoisotopic (exact) mass is 181 g/mol. The highest BCUT2D eigenvalue weighted by molar-refractivity contribution is 5.59. The van der Waals surface area contributed by atoms with Crippen molar-refractivity contribution in [2.45, 2.75) is 41.0 Å². The van der Waals surface area contributed by atoms with Crippen LogP contribution in [0.25, 0.3) is 0 Å². The Morgan fingerprint density at radius 2 is 1.77 bits per heavy atom. The topological polar surface area (TPSA) is 12.4 Å². The molecule has 1 atom stereocenters. The summed E-state index contributed by atoms with van der Waals surface area (Å²) >= 11 is 0. The van der Waals surface area contributed by atoms with E-state index in [2.05, 4.69) is 46.2 Å². The van der Waals surface area contributed by atoms with Gasteiger partial charge in [0.2, 0.25) is 0 Å². The Kier molecular flexibility index (Phi) is 5.68. The SMILES string of the molecule is C=C(/N=C\CC(C)C(C)C)C(C)C. The van der Waals surface area contributed by atoms with Gasteiger partial charge in [-0.1, -0.05) is 41.2 Å². The molecule has 0 aromatic carbocycles. The third-order valence-corrected chi connectivity index (χ3v) is 2.54. The molecule has 1 unspecified atom stereocenters. The highest BCUT2D eigenvalue weighted by Gasteiger charge is 2.04. The van der Waals surface area contributed by atoms with Crippen molar-refractivity contribution in [2.75, 3.05) is 0 Å². The van der Waals surface area contributed by atoms with E-state index in [1.54, 1.807) is 0 Å². The molecule has 0 aromatic rings. The summed E-state index contributed by atoms with van der Waals surface area (Å²) in [5.74, 6) is 1.91. The van der Waals surface area contributed by atoms with Gasteiger partial charge in [0.25, 0.3) is 0 Å². The van der Waals surface area contributed by atoms with Gasteiger partial charge < -0.3 is 0 Å². The lowest BCUT2D eigenvalue weighted by molar-refractivity contribution is 0.436. The maximum absolute atomic E-state index is 4.33. The van der Waals surface area contributed by atoms with Crippen LogP contribution in [0.2, 0.25) is 0 Å². The Morgan fingerprint density at radius 3 is 2.15 bits per heavy atom. The van der Waals surface area contributed by atoms with Gasteiger partial charge in [0.1, 0.15) is 0 Å². The number of nitrogens with zero attached hydrogens (tertiary/aromatic N) is 1. The molecule has 0 saturated heterocycles. The number of hydrogen-bond donors (Lipinski definition) is 0. The van der Waals surface area contributed by atoms with Crippen LogP contribution in [-0.4, -0.2) is 6.21 Å². The number of hydrogen-bond acceptors (Lipinski definition) is 1. The molecular weight excluding hydrogens is 158 g/mol. The molecule has 0 saturated carbocycles. The summed E-state index contributed by atoms with van der Waals surface area (Å²) in [6, 6.07) is 0.